The molecule has 1 aromatic heterocycles. The van der Waals surface area contributed by atoms with Crippen molar-refractivity contribution in [1.29, 1.82) is 0 Å². The number of anilines is 1. The van der Waals surface area contributed by atoms with Crippen molar-refractivity contribution in [3.63, 3.8) is 0 Å². The summed E-state index contributed by atoms with van der Waals surface area (Å²) >= 11 is 2.00. The Morgan fingerprint density at radius 1 is 1.29 bits per heavy atom. The van der Waals surface area contributed by atoms with E-state index < -0.39 is 0 Å². The monoisotopic (exact) mass is 302 g/mol. The van der Waals surface area contributed by atoms with Crippen molar-refractivity contribution in [2.24, 2.45) is 0 Å². The molecule has 2 aromatic rings. The number of hydrogen-bond donors (Lipinski definition) is 1. The first-order chi connectivity index (χ1) is 10.3. The summed E-state index contributed by atoms with van der Waals surface area (Å²) in [5.74, 6) is 1.84. The zero-order valence-electron chi connectivity index (χ0n) is 12.7. The second-order valence-corrected chi connectivity index (χ2v) is 6.97. The number of ether oxygens (including phenoxy) is 1. The molecule has 1 saturated carbocycles. The number of methoxy groups -OCH3 is 1. The average Bonchev–Trinajstić information content (AvgIpc) is 3.02. The molecule has 3 nitrogen and oxygen atoms in total. The van der Waals surface area contributed by atoms with E-state index >= 15 is 0 Å². The van der Waals surface area contributed by atoms with Gasteiger partial charge in [0.2, 0.25) is 0 Å². The highest BCUT2D eigenvalue weighted by molar-refractivity contribution is 8.00. The number of nitrogens with one attached hydrogen (secondary N) is 1. The summed E-state index contributed by atoms with van der Waals surface area (Å²) in [5, 5.41) is 5.91. The summed E-state index contributed by atoms with van der Waals surface area (Å²) in [4.78, 5) is 4.53. The molecule has 4 heteroatoms. The van der Waals surface area contributed by atoms with E-state index in [9.17, 15) is 0 Å². The Balaban J connectivity index is 1.86. The SMILES string of the molecule is COc1ccc2ccnc(NCC3(SC)CCCC3)c2c1. The fourth-order valence-electron chi connectivity index (χ4n) is 3.13. The standard InChI is InChI=1S/C17H22N2OS/c1-20-14-6-5-13-7-10-18-16(15(13)11-14)19-12-17(21-2)8-3-4-9-17/h5-7,10-11H,3-4,8-9,12H2,1-2H3,(H,18,19). The molecule has 0 atom stereocenters. The van der Waals surface area contributed by atoms with Crippen LogP contribution in [0.4, 0.5) is 5.82 Å². The number of nitrogens with zero attached hydrogens (tertiary/aromatic N) is 1. The normalized spacial score (nSPS) is 17.0. The van der Waals surface area contributed by atoms with Crippen molar-refractivity contribution in [1.82, 2.24) is 4.98 Å². The number of aromatic nitrogens is 1. The van der Waals surface area contributed by atoms with Crippen LogP contribution in [-0.2, 0) is 0 Å². The maximum Gasteiger partial charge on any atom is 0.133 e. The van der Waals surface area contributed by atoms with E-state index in [1.807, 2.05) is 30.1 Å². The third-order valence-electron chi connectivity index (χ3n) is 4.50. The fourth-order valence-corrected chi connectivity index (χ4v) is 4.05. The lowest BCUT2D eigenvalue weighted by atomic mass is 10.1. The number of benzene rings is 1. The Hall–Kier alpha value is -1.42. The van der Waals surface area contributed by atoms with Gasteiger partial charge in [0.05, 0.1) is 7.11 Å². The largest absolute Gasteiger partial charge is 0.497 e. The van der Waals surface area contributed by atoms with Crippen molar-refractivity contribution >= 4 is 28.4 Å². The van der Waals surface area contributed by atoms with Crippen LogP contribution in [0.3, 0.4) is 0 Å². The van der Waals surface area contributed by atoms with Crippen LogP contribution < -0.4 is 10.1 Å². The second-order valence-electron chi connectivity index (χ2n) is 5.69. The summed E-state index contributed by atoms with van der Waals surface area (Å²) < 4.78 is 5.71. The highest BCUT2D eigenvalue weighted by atomic mass is 32.2. The number of thioether (sulfide) groups is 1. The lowest BCUT2D eigenvalue weighted by Gasteiger charge is -2.27. The van der Waals surface area contributed by atoms with E-state index in [4.69, 9.17) is 4.74 Å². The van der Waals surface area contributed by atoms with Gasteiger partial charge in [-0.2, -0.15) is 11.8 Å². The highest BCUT2D eigenvalue weighted by Gasteiger charge is 2.32. The smallest absolute Gasteiger partial charge is 0.133 e. The number of pyridine rings is 1. The van der Waals surface area contributed by atoms with Crippen LogP contribution in [0, 0.1) is 0 Å². The molecule has 0 unspecified atom stereocenters. The van der Waals surface area contributed by atoms with Gasteiger partial charge in [-0.05, 0) is 42.7 Å². The topological polar surface area (TPSA) is 34.1 Å². The molecule has 1 aliphatic rings. The molecule has 0 saturated heterocycles. The number of rotatable bonds is 5. The Morgan fingerprint density at radius 2 is 2.10 bits per heavy atom. The van der Waals surface area contributed by atoms with Gasteiger partial charge in [-0.1, -0.05) is 18.9 Å². The summed E-state index contributed by atoms with van der Waals surface area (Å²) in [5.41, 5.74) is 0. The Labute approximate surface area is 130 Å². The van der Waals surface area contributed by atoms with Crippen molar-refractivity contribution in [3.8, 4) is 5.75 Å². The predicted molar refractivity (Wildman–Crippen MR) is 91.5 cm³/mol. The molecule has 1 fully saturated rings. The van der Waals surface area contributed by atoms with Crippen molar-refractivity contribution in [2.75, 3.05) is 25.2 Å². The quantitative estimate of drug-likeness (QED) is 0.891. The zero-order chi connectivity index (χ0) is 14.7. The third-order valence-corrected chi connectivity index (χ3v) is 5.92. The fraction of sp³-hybridized carbons (Fsp3) is 0.471. The average molecular weight is 302 g/mol. The molecule has 1 aromatic carbocycles. The molecular formula is C17H22N2OS. The minimum atomic E-state index is 0.378. The molecule has 1 heterocycles. The van der Waals surface area contributed by atoms with Crippen molar-refractivity contribution < 1.29 is 4.74 Å². The van der Waals surface area contributed by atoms with Crippen LogP contribution in [0.1, 0.15) is 25.7 Å². The molecule has 21 heavy (non-hydrogen) atoms. The minimum Gasteiger partial charge on any atom is -0.497 e. The maximum absolute atomic E-state index is 5.34. The molecule has 0 radical (unpaired) electrons. The molecule has 1 N–H and O–H groups in total. The molecule has 0 spiro atoms. The minimum absolute atomic E-state index is 0.378. The van der Waals surface area contributed by atoms with Crippen molar-refractivity contribution in [2.45, 2.75) is 30.4 Å². The molecular weight excluding hydrogens is 280 g/mol. The van der Waals surface area contributed by atoms with Gasteiger partial charge in [0.15, 0.2) is 0 Å². The molecule has 112 valence electrons. The van der Waals surface area contributed by atoms with Gasteiger partial charge in [0.25, 0.3) is 0 Å². The molecule has 3 rings (SSSR count). The predicted octanol–water partition coefficient (Wildman–Crippen LogP) is 4.33. The molecule has 0 bridgehead atoms. The highest BCUT2D eigenvalue weighted by Crippen LogP contribution is 2.40. The van der Waals surface area contributed by atoms with E-state index in [1.165, 1.54) is 31.1 Å². The van der Waals surface area contributed by atoms with Crippen molar-refractivity contribution in [3.05, 3.63) is 30.5 Å². The van der Waals surface area contributed by atoms with E-state index in [2.05, 4.69) is 28.7 Å². The van der Waals surface area contributed by atoms with Gasteiger partial charge in [-0.25, -0.2) is 4.98 Å². The summed E-state index contributed by atoms with van der Waals surface area (Å²) in [7, 11) is 1.70. The van der Waals surface area contributed by atoms with Gasteiger partial charge in [-0.3, -0.25) is 0 Å². The number of fused-ring (bicyclic) bond motifs is 1. The lowest BCUT2D eigenvalue weighted by molar-refractivity contribution is 0.415. The van der Waals surface area contributed by atoms with E-state index in [1.54, 1.807) is 7.11 Å². The van der Waals surface area contributed by atoms with Gasteiger partial charge in [-0.15, -0.1) is 0 Å². The first-order valence-electron chi connectivity index (χ1n) is 7.48. The molecule has 0 aliphatic heterocycles. The first-order valence-corrected chi connectivity index (χ1v) is 8.71. The molecule has 1 aliphatic carbocycles. The number of hydrogen-bond acceptors (Lipinski definition) is 4. The maximum atomic E-state index is 5.34. The van der Waals surface area contributed by atoms with Gasteiger partial charge >= 0.3 is 0 Å². The summed E-state index contributed by atoms with van der Waals surface area (Å²) in [6.07, 6.45) is 9.40. The Bertz CT molecular complexity index is 623. The lowest BCUT2D eigenvalue weighted by Crippen LogP contribution is -2.30. The van der Waals surface area contributed by atoms with Crippen LogP contribution in [0.5, 0.6) is 5.75 Å². The molecule has 0 amide bonds. The van der Waals surface area contributed by atoms with Gasteiger partial charge < -0.3 is 10.1 Å². The van der Waals surface area contributed by atoms with E-state index in [-0.39, 0.29) is 0 Å². The summed E-state index contributed by atoms with van der Waals surface area (Å²) in [6, 6.07) is 8.18. The van der Waals surface area contributed by atoms with Crippen LogP contribution in [0.15, 0.2) is 30.5 Å². The summed E-state index contributed by atoms with van der Waals surface area (Å²) in [6.45, 7) is 0.984. The third kappa shape index (κ3) is 2.95. The Kier molecular flexibility index (Phi) is 4.24. The van der Waals surface area contributed by atoms with Crippen LogP contribution in [0.25, 0.3) is 10.8 Å². The van der Waals surface area contributed by atoms with Gasteiger partial charge in [0, 0.05) is 22.9 Å². The van der Waals surface area contributed by atoms with Crippen LogP contribution in [-0.4, -0.2) is 29.6 Å². The Morgan fingerprint density at radius 3 is 2.81 bits per heavy atom. The van der Waals surface area contributed by atoms with Gasteiger partial charge in [0.1, 0.15) is 11.6 Å². The second kappa shape index (κ2) is 6.14. The van der Waals surface area contributed by atoms with Crippen LogP contribution in [0.2, 0.25) is 0 Å². The first kappa shape index (κ1) is 14.5. The zero-order valence-corrected chi connectivity index (χ0v) is 13.5. The van der Waals surface area contributed by atoms with E-state index in [0.717, 1.165) is 23.5 Å². The van der Waals surface area contributed by atoms with E-state index in [0.29, 0.717) is 4.75 Å². The van der Waals surface area contributed by atoms with Crippen LogP contribution >= 0.6 is 11.8 Å².